The van der Waals surface area contributed by atoms with Gasteiger partial charge in [-0.3, -0.25) is 4.79 Å². The number of piperidine rings is 1. The average molecular weight is 232 g/mol. The van der Waals surface area contributed by atoms with Crippen molar-refractivity contribution in [2.75, 3.05) is 13.1 Å². The van der Waals surface area contributed by atoms with Gasteiger partial charge in [-0.05, 0) is 0 Å². The van der Waals surface area contributed by atoms with E-state index in [4.69, 9.17) is 0 Å². The Hall–Kier alpha value is -1.04. The molecule has 82 valence electrons. The molecule has 1 aliphatic heterocycles. The van der Waals surface area contributed by atoms with Gasteiger partial charge in [0, 0.05) is 31.3 Å². The Labute approximate surface area is 89.7 Å². The molecule has 3 nitrogen and oxygen atoms in total. The molecule has 0 saturated carbocycles. The van der Waals surface area contributed by atoms with E-state index in [1.54, 1.807) is 10.9 Å². The molecule has 15 heavy (non-hydrogen) atoms. The lowest BCUT2D eigenvalue weighted by molar-refractivity contribution is -0.0495. The van der Waals surface area contributed by atoms with Gasteiger partial charge in [-0.25, -0.2) is 13.8 Å². The normalized spacial score (nSPS) is 20.3. The van der Waals surface area contributed by atoms with Crippen molar-refractivity contribution in [1.29, 1.82) is 0 Å². The van der Waals surface area contributed by atoms with Gasteiger partial charge in [0.15, 0.2) is 0 Å². The van der Waals surface area contributed by atoms with Crippen LogP contribution in [0.25, 0.3) is 0 Å². The number of hydrogen-bond donors (Lipinski definition) is 0. The van der Waals surface area contributed by atoms with E-state index < -0.39 is 5.92 Å². The van der Waals surface area contributed by atoms with Crippen LogP contribution in [-0.2, 0) is 0 Å². The maximum Gasteiger partial charge on any atom is 0.273 e. The Kier molecular flexibility index (Phi) is 2.68. The molecule has 0 atom stereocenters. The zero-order chi connectivity index (χ0) is 10.9. The van der Waals surface area contributed by atoms with Crippen molar-refractivity contribution in [3.8, 4) is 0 Å². The molecule has 1 aliphatic rings. The minimum atomic E-state index is -2.61. The molecule has 2 rings (SSSR count). The number of carbonyl (C=O) groups is 1. The molecule has 0 aliphatic carbocycles. The van der Waals surface area contributed by atoms with Crippen molar-refractivity contribution in [2.45, 2.75) is 18.8 Å². The van der Waals surface area contributed by atoms with E-state index in [0.29, 0.717) is 5.69 Å². The maximum absolute atomic E-state index is 12.8. The summed E-state index contributed by atoms with van der Waals surface area (Å²) in [6.45, 7) is 0.229. The first-order chi connectivity index (χ1) is 7.08. The monoisotopic (exact) mass is 232 g/mol. The predicted octanol–water partition coefficient (Wildman–Crippen LogP) is 2.01. The molecule has 0 N–H and O–H groups in total. The van der Waals surface area contributed by atoms with Crippen LogP contribution in [-0.4, -0.2) is 34.8 Å². The molecule has 2 heterocycles. The highest BCUT2D eigenvalue weighted by Crippen LogP contribution is 2.28. The molecular weight excluding hydrogens is 222 g/mol. The first-order valence-electron chi connectivity index (χ1n) is 4.64. The van der Waals surface area contributed by atoms with E-state index in [2.05, 4.69) is 4.98 Å². The third kappa shape index (κ3) is 2.31. The summed E-state index contributed by atoms with van der Waals surface area (Å²) in [7, 11) is 0. The molecule has 1 aromatic rings. The van der Waals surface area contributed by atoms with Crippen molar-refractivity contribution in [2.24, 2.45) is 0 Å². The van der Waals surface area contributed by atoms with Crippen LogP contribution in [0, 0.1) is 0 Å². The van der Waals surface area contributed by atoms with Crippen LogP contribution in [0.2, 0.25) is 0 Å². The van der Waals surface area contributed by atoms with Gasteiger partial charge in [-0.1, -0.05) is 0 Å². The average Bonchev–Trinajstić information content (AvgIpc) is 2.69. The van der Waals surface area contributed by atoms with E-state index in [1.807, 2.05) is 0 Å². The summed E-state index contributed by atoms with van der Waals surface area (Å²) in [5.74, 6) is -2.86. The number of amides is 1. The SMILES string of the molecule is O=C(c1cscn1)N1CCC(F)(F)CC1. The lowest BCUT2D eigenvalue weighted by Crippen LogP contribution is -2.42. The van der Waals surface area contributed by atoms with Gasteiger partial charge in [-0.2, -0.15) is 0 Å². The van der Waals surface area contributed by atoms with Gasteiger partial charge < -0.3 is 4.90 Å². The van der Waals surface area contributed by atoms with Gasteiger partial charge in [0.25, 0.3) is 11.8 Å². The zero-order valence-corrected chi connectivity index (χ0v) is 8.77. The van der Waals surface area contributed by atoms with E-state index in [0.717, 1.165) is 0 Å². The van der Waals surface area contributed by atoms with Crippen LogP contribution < -0.4 is 0 Å². The fourth-order valence-electron chi connectivity index (χ4n) is 1.52. The number of alkyl halides is 2. The minimum absolute atomic E-state index is 0.114. The third-order valence-electron chi connectivity index (χ3n) is 2.43. The summed E-state index contributed by atoms with van der Waals surface area (Å²) >= 11 is 1.32. The largest absolute Gasteiger partial charge is 0.337 e. The number of hydrogen-bond acceptors (Lipinski definition) is 3. The van der Waals surface area contributed by atoms with Gasteiger partial charge in [-0.15, -0.1) is 11.3 Å². The predicted molar refractivity (Wildman–Crippen MR) is 52.2 cm³/mol. The Bertz CT molecular complexity index is 343. The van der Waals surface area contributed by atoms with Crippen LogP contribution >= 0.6 is 11.3 Å². The van der Waals surface area contributed by atoms with Gasteiger partial charge >= 0.3 is 0 Å². The van der Waals surface area contributed by atoms with Crippen LogP contribution in [0.5, 0.6) is 0 Å². The van der Waals surface area contributed by atoms with Gasteiger partial charge in [0.05, 0.1) is 5.51 Å². The van der Waals surface area contributed by atoms with Crippen LogP contribution in [0.4, 0.5) is 8.78 Å². The second kappa shape index (κ2) is 3.84. The molecule has 0 bridgehead atoms. The summed E-state index contributed by atoms with van der Waals surface area (Å²) < 4.78 is 25.7. The van der Waals surface area contributed by atoms with Crippen LogP contribution in [0.3, 0.4) is 0 Å². The number of nitrogens with zero attached hydrogens (tertiary/aromatic N) is 2. The Morgan fingerprint density at radius 1 is 1.47 bits per heavy atom. The summed E-state index contributed by atoms with van der Waals surface area (Å²) in [5.41, 5.74) is 1.91. The molecule has 0 spiro atoms. The standard InChI is InChI=1S/C9H10F2N2OS/c10-9(11)1-3-13(4-2-9)8(14)7-5-15-6-12-7/h5-6H,1-4H2. The van der Waals surface area contributed by atoms with Crippen molar-refractivity contribution < 1.29 is 13.6 Å². The minimum Gasteiger partial charge on any atom is -0.337 e. The fourth-order valence-corrected chi connectivity index (χ4v) is 2.04. The number of carbonyl (C=O) groups excluding carboxylic acids is 1. The number of halogens is 2. The van der Waals surface area contributed by atoms with E-state index >= 15 is 0 Å². The first kappa shape index (κ1) is 10.5. The number of likely N-dealkylation sites (tertiary alicyclic amines) is 1. The van der Waals surface area contributed by atoms with Crippen LogP contribution in [0.15, 0.2) is 10.9 Å². The Morgan fingerprint density at radius 2 is 2.13 bits per heavy atom. The number of rotatable bonds is 1. The first-order valence-corrected chi connectivity index (χ1v) is 5.58. The Morgan fingerprint density at radius 3 is 2.67 bits per heavy atom. The van der Waals surface area contributed by atoms with Crippen molar-refractivity contribution in [3.63, 3.8) is 0 Å². The quantitative estimate of drug-likeness (QED) is 0.742. The van der Waals surface area contributed by atoms with Gasteiger partial charge in [0.2, 0.25) is 0 Å². The number of aromatic nitrogens is 1. The van der Waals surface area contributed by atoms with E-state index in [9.17, 15) is 13.6 Å². The molecule has 6 heteroatoms. The second-order valence-corrected chi connectivity index (χ2v) is 4.24. The van der Waals surface area contributed by atoms with E-state index in [1.165, 1.54) is 16.2 Å². The lowest BCUT2D eigenvalue weighted by Gasteiger charge is -2.31. The summed E-state index contributed by atoms with van der Waals surface area (Å²) in [4.78, 5) is 17.0. The highest BCUT2D eigenvalue weighted by molar-refractivity contribution is 7.07. The number of thiazole rings is 1. The summed E-state index contributed by atoms with van der Waals surface area (Å²) in [5, 5.41) is 1.63. The topological polar surface area (TPSA) is 33.2 Å². The molecule has 1 aromatic heterocycles. The third-order valence-corrected chi connectivity index (χ3v) is 3.02. The molecule has 0 radical (unpaired) electrons. The summed E-state index contributed by atoms with van der Waals surface area (Å²) in [6, 6.07) is 0. The summed E-state index contributed by atoms with van der Waals surface area (Å²) in [6.07, 6.45) is -0.494. The molecule has 1 amide bonds. The Balaban J connectivity index is 2.00. The molecule has 0 unspecified atom stereocenters. The molecule has 1 saturated heterocycles. The smallest absolute Gasteiger partial charge is 0.273 e. The zero-order valence-electron chi connectivity index (χ0n) is 7.95. The second-order valence-electron chi connectivity index (χ2n) is 3.52. The van der Waals surface area contributed by atoms with Crippen molar-refractivity contribution >= 4 is 17.2 Å². The van der Waals surface area contributed by atoms with Crippen molar-refractivity contribution in [3.05, 3.63) is 16.6 Å². The van der Waals surface area contributed by atoms with Gasteiger partial charge in [0.1, 0.15) is 5.69 Å². The highest BCUT2D eigenvalue weighted by atomic mass is 32.1. The fraction of sp³-hybridized carbons (Fsp3) is 0.556. The maximum atomic E-state index is 12.8. The lowest BCUT2D eigenvalue weighted by atomic mass is 10.1. The molecular formula is C9H10F2N2OS. The highest BCUT2D eigenvalue weighted by Gasteiger charge is 2.35. The van der Waals surface area contributed by atoms with Crippen molar-refractivity contribution in [1.82, 2.24) is 9.88 Å². The van der Waals surface area contributed by atoms with E-state index in [-0.39, 0.29) is 31.8 Å². The molecule has 0 aromatic carbocycles. The molecule has 1 fully saturated rings. The van der Waals surface area contributed by atoms with Crippen LogP contribution in [0.1, 0.15) is 23.3 Å².